The van der Waals surface area contributed by atoms with Crippen LogP contribution in [0.25, 0.3) is 0 Å². The molecule has 0 radical (unpaired) electrons. The van der Waals surface area contributed by atoms with E-state index in [9.17, 15) is 40.2 Å². The Kier molecular flexibility index (Phi) is 17.5. The molecule has 4 fully saturated rings. The molecule has 4 heterocycles. The van der Waals surface area contributed by atoms with E-state index in [0.717, 1.165) is 0 Å². The number of ether oxygens (including phenoxy) is 7. The standard InChI is InChI=1S/C44H80N2O15/c1-16-29-42(8,9)38(52)35(50)32(47)21(2)19-44(11,61-30-18-28(46(14)15)33(48)25(6)56-30)39(60-41-34(49)27(45(12)13)17-22(3)55-41)23(4)36(24(5)40(53)58-29)59-31-20-43(10,54)37(51)26(7)57-31/h21-31,33-39,41,48-52,54H,16-20H2,1-15H3/t21-,22+,23-,24+,25-,26+,27-,28+,29+,30-,31+,33-,34+,35+,36+,37+,38-,39-,41+,43-,44+/m1/s1. The Bertz CT molecular complexity index is 1450. The van der Waals surface area contributed by atoms with Gasteiger partial charge in [0.1, 0.15) is 24.4 Å². The fraction of sp³-hybridized carbons (Fsp3) is 0.955. The van der Waals surface area contributed by atoms with E-state index in [1.807, 2.05) is 44.9 Å². The quantitative estimate of drug-likeness (QED) is 0.181. The van der Waals surface area contributed by atoms with Crippen LogP contribution in [0, 0.1) is 23.2 Å². The Balaban J connectivity index is 1.97. The van der Waals surface area contributed by atoms with Gasteiger partial charge in [0.2, 0.25) is 0 Å². The van der Waals surface area contributed by atoms with Crippen LogP contribution in [0.5, 0.6) is 0 Å². The molecule has 4 aliphatic rings. The lowest BCUT2D eigenvalue weighted by atomic mass is 9.73. The van der Waals surface area contributed by atoms with E-state index in [0.29, 0.717) is 6.42 Å². The summed E-state index contributed by atoms with van der Waals surface area (Å²) >= 11 is 0. The van der Waals surface area contributed by atoms with E-state index >= 15 is 0 Å². The van der Waals surface area contributed by atoms with Gasteiger partial charge in [-0.25, -0.2) is 0 Å². The highest BCUT2D eigenvalue weighted by atomic mass is 16.7. The lowest BCUT2D eigenvalue weighted by molar-refractivity contribution is -0.340. The van der Waals surface area contributed by atoms with Crippen molar-refractivity contribution in [3.63, 3.8) is 0 Å². The summed E-state index contributed by atoms with van der Waals surface area (Å²) in [5, 5.41) is 68.3. The number of rotatable bonds is 9. The van der Waals surface area contributed by atoms with E-state index in [1.165, 1.54) is 6.92 Å². The van der Waals surface area contributed by atoms with Gasteiger partial charge in [0.15, 0.2) is 24.7 Å². The first-order valence-corrected chi connectivity index (χ1v) is 22.2. The predicted molar refractivity (Wildman–Crippen MR) is 223 cm³/mol. The molecule has 4 saturated heterocycles. The molecule has 0 amide bonds. The third-order valence-electron chi connectivity index (χ3n) is 14.1. The number of esters is 1. The molecule has 0 aromatic rings. The van der Waals surface area contributed by atoms with E-state index < -0.39 is 126 Å². The molecule has 21 atom stereocenters. The Labute approximate surface area is 363 Å². The maximum absolute atomic E-state index is 14.5. The largest absolute Gasteiger partial charge is 0.461 e. The van der Waals surface area contributed by atoms with Crippen molar-refractivity contribution in [2.24, 2.45) is 23.2 Å². The summed E-state index contributed by atoms with van der Waals surface area (Å²) in [6, 6.07) is -0.764. The summed E-state index contributed by atoms with van der Waals surface area (Å²) in [7, 11) is 7.39. The molecule has 17 nitrogen and oxygen atoms in total. The topological polar surface area (TPSA) is 227 Å². The van der Waals surface area contributed by atoms with Crippen molar-refractivity contribution in [1.82, 2.24) is 9.80 Å². The molecule has 4 aliphatic heterocycles. The average molecular weight is 877 g/mol. The number of likely N-dealkylation sites (N-methyl/N-ethyl adjacent to an activating group) is 2. The molecule has 0 saturated carbocycles. The summed E-state index contributed by atoms with van der Waals surface area (Å²) in [5.41, 5.74) is -4.50. The molecule has 0 spiro atoms. The van der Waals surface area contributed by atoms with Gasteiger partial charge >= 0.3 is 5.97 Å². The summed E-state index contributed by atoms with van der Waals surface area (Å²) < 4.78 is 45.8. The van der Waals surface area contributed by atoms with Gasteiger partial charge in [-0.2, -0.15) is 0 Å². The smallest absolute Gasteiger partial charge is 0.311 e. The molecule has 6 N–H and O–H groups in total. The van der Waals surface area contributed by atoms with Crippen LogP contribution in [0.2, 0.25) is 0 Å². The third kappa shape index (κ3) is 11.5. The minimum absolute atomic E-state index is 0.120. The predicted octanol–water partition coefficient (Wildman–Crippen LogP) is 1.58. The number of hydrogen-bond acceptors (Lipinski definition) is 17. The van der Waals surface area contributed by atoms with Crippen LogP contribution in [0.15, 0.2) is 0 Å². The SMILES string of the molecule is CC[C@@H]1OC(=O)[C@@H](C)[C@@H](O[C@H]2C[C@@](C)(O)[C@@H](O)[C@H](C)O2)[C@@H](C)[C@@H](O[C@@H]2O[C@@H](C)C[C@@H](N(C)C)[C@@H]2O)[C@@](C)(O[C@@H]2C[C@H](N(C)C)[C@H](O)[C@@H](C)O2)C[C@@H](C)C(=O)[C@H](O)[C@@H](O)C1(C)C. The summed E-state index contributed by atoms with van der Waals surface area (Å²) in [6.07, 6.45) is -14.6. The summed E-state index contributed by atoms with van der Waals surface area (Å²) in [6.45, 7) is 18.5. The van der Waals surface area contributed by atoms with Gasteiger partial charge in [0.25, 0.3) is 0 Å². The van der Waals surface area contributed by atoms with Gasteiger partial charge in [-0.1, -0.05) is 34.6 Å². The molecule has 61 heavy (non-hydrogen) atoms. The second-order valence-electron chi connectivity index (χ2n) is 20.2. The lowest BCUT2D eigenvalue weighted by Crippen LogP contribution is -2.62. The van der Waals surface area contributed by atoms with Crippen molar-refractivity contribution in [2.45, 2.75) is 218 Å². The molecule has 0 unspecified atom stereocenters. The van der Waals surface area contributed by atoms with E-state index in [2.05, 4.69) is 0 Å². The normalized spacial score (nSPS) is 48.5. The van der Waals surface area contributed by atoms with Crippen molar-refractivity contribution < 1.29 is 73.4 Å². The Morgan fingerprint density at radius 2 is 1.31 bits per heavy atom. The fourth-order valence-corrected chi connectivity index (χ4v) is 10.1. The number of Topliss-reactive ketones (excluding diaryl/α,β-unsaturated/α-hetero) is 1. The minimum Gasteiger partial charge on any atom is -0.461 e. The molecule has 0 aromatic carbocycles. The van der Waals surface area contributed by atoms with Crippen LogP contribution < -0.4 is 0 Å². The fourth-order valence-electron chi connectivity index (χ4n) is 10.1. The molecule has 0 aromatic heterocycles. The van der Waals surface area contributed by atoms with Crippen molar-refractivity contribution in [1.29, 1.82) is 0 Å². The van der Waals surface area contributed by atoms with Gasteiger partial charge in [0, 0.05) is 42.2 Å². The summed E-state index contributed by atoms with van der Waals surface area (Å²) in [4.78, 5) is 32.6. The first-order chi connectivity index (χ1) is 28.1. The van der Waals surface area contributed by atoms with Crippen molar-refractivity contribution in [3.05, 3.63) is 0 Å². The maximum atomic E-state index is 14.5. The van der Waals surface area contributed by atoms with Crippen molar-refractivity contribution in [3.8, 4) is 0 Å². The zero-order valence-electron chi connectivity index (χ0n) is 39.3. The number of aliphatic hydroxyl groups excluding tert-OH is 5. The maximum Gasteiger partial charge on any atom is 0.311 e. The summed E-state index contributed by atoms with van der Waals surface area (Å²) in [5.74, 6) is -4.35. The number of nitrogens with zero attached hydrogens (tertiary/aromatic N) is 2. The van der Waals surface area contributed by atoms with Crippen LogP contribution in [-0.2, 0) is 42.7 Å². The van der Waals surface area contributed by atoms with Crippen LogP contribution in [0.3, 0.4) is 0 Å². The number of cyclic esters (lactones) is 1. The third-order valence-corrected chi connectivity index (χ3v) is 14.1. The molecule has 17 heteroatoms. The van der Waals surface area contributed by atoms with Crippen molar-refractivity contribution >= 4 is 11.8 Å². The lowest BCUT2D eigenvalue weighted by Gasteiger charge is -2.51. The second-order valence-corrected chi connectivity index (χ2v) is 20.2. The number of carbonyl (C=O) groups excluding carboxylic acids is 2. The van der Waals surface area contributed by atoms with Crippen LogP contribution in [-0.4, -0.2) is 190 Å². The first kappa shape index (κ1) is 52.2. The van der Waals surface area contributed by atoms with Gasteiger partial charge < -0.3 is 73.6 Å². The molecular weight excluding hydrogens is 796 g/mol. The van der Waals surface area contributed by atoms with Gasteiger partial charge in [-0.3, -0.25) is 9.59 Å². The zero-order chi connectivity index (χ0) is 46.3. The van der Waals surface area contributed by atoms with E-state index in [-0.39, 0.29) is 43.9 Å². The highest BCUT2D eigenvalue weighted by Crippen LogP contribution is 2.43. The van der Waals surface area contributed by atoms with E-state index in [4.69, 9.17) is 33.2 Å². The molecule has 4 rings (SSSR count). The van der Waals surface area contributed by atoms with Crippen molar-refractivity contribution in [2.75, 3.05) is 28.2 Å². The molecule has 0 bridgehead atoms. The van der Waals surface area contributed by atoms with E-state index in [1.54, 1.807) is 62.3 Å². The number of aliphatic hydroxyl groups is 6. The highest BCUT2D eigenvalue weighted by Gasteiger charge is 2.55. The number of ketones is 1. The average Bonchev–Trinajstić information content (AvgIpc) is 3.16. The van der Waals surface area contributed by atoms with Crippen LogP contribution in [0.4, 0.5) is 0 Å². The monoisotopic (exact) mass is 877 g/mol. The van der Waals surface area contributed by atoms with Crippen LogP contribution in [0.1, 0.15) is 108 Å². The molecular formula is C44H80N2O15. The van der Waals surface area contributed by atoms with Gasteiger partial charge in [0.05, 0.1) is 59.8 Å². The van der Waals surface area contributed by atoms with Gasteiger partial charge in [-0.05, 0) is 89.0 Å². The zero-order valence-corrected chi connectivity index (χ0v) is 39.3. The molecule has 356 valence electrons. The Hall–Kier alpha value is -1.42. The number of hydrogen-bond donors (Lipinski definition) is 6. The Morgan fingerprint density at radius 1 is 0.738 bits per heavy atom. The molecule has 0 aliphatic carbocycles. The number of carbonyl (C=O) groups is 2. The Morgan fingerprint density at radius 3 is 1.87 bits per heavy atom. The van der Waals surface area contributed by atoms with Gasteiger partial charge in [-0.15, -0.1) is 0 Å². The first-order valence-electron chi connectivity index (χ1n) is 22.2. The second kappa shape index (κ2) is 20.4. The van der Waals surface area contributed by atoms with Crippen LogP contribution >= 0.6 is 0 Å². The minimum atomic E-state index is -1.87. The highest BCUT2D eigenvalue weighted by molar-refractivity contribution is 5.85.